The van der Waals surface area contributed by atoms with Crippen LogP contribution in [0.1, 0.15) is 52.0 Å². The number of hydrogen-bond donors (Lipinski definition) is 0. The minimum atomic E-state index is -0.878. The van der Waals surface area contributed by atoms with Gasteiger partial charge in [0.15, 0.2) is 11.8 Å². The van der Waals surface area contributed by atoms with E-state index in [-0.39, 0.29) is 30.3 Å². The summed E-state index contributed by atoms with van der Waals surface area (Å²) in [4.78, 5) is 31.9. The van der Waals surface area contributed by atoms with E-state index in [2.05, 4.69) is 31.2 Å². The zero-order valence-corrected chi connectivity index (χ0v) is 20.1. The van der Waals surface area contributed by atoms with Gasteiger partial charge in [-0.3, -0.25) is 9.63 Å². The van der Waals surface area contributed by atoms with Crippen molar-refractivity contribution >= 4 is 5.91 Å². The van der Waals surface area contributed by atoms with Crippen molar-refractivity contribution in [2.45, 2.75) is 70.7 Å². The minimum absolute atomic E-state index is 0.0328. The van der Waals surface area contributed by atoms with Crippen LogP contribution in [0, 0.1) is 23.7 Å². The lowest BCUT2D eigenvalue weighted by Gasteiger charge is -2.60. The molecule has 4 heterocycles. The van der Waals surface area contributed by atoms with Gasteiger partial charge in [-0.2, -0.15) is 5.06 Å². The summed E-state index contributed by atoms with van der Waals surface area (Å²) in [6, 6.07) is 18.6. The van der Waals surface area contributed by atoms with Crippen molar-refractivity contribution < 1.29 is 24.1 Å². The molecule has 0 aromatic heterocycles. The van der Waals surface area contributed by atoms with Gasteiger partial charge in [0, 0.05) is 18.3 Å². The summed E-state index contributed by atoms with van der Waals surface area (Å²) in [6.45, 7) is 6.47. The normalized spacial score (nSPS) is 39.0. The molecule has 0 radical (unpaired) electrons. The standard InChI is InChI=1S/C28H33NO5/c1-18-9-14-24-19(2)25(30)29(26-28(24)23(18)15-16-27(3,32-26)33-34-28)31-17-20-10-12-22(13-11-20)21-7-5-4-6-8-21/h4-8,10-13,18-19,23-24,26H,9,14-17H2,1-3H3/t18-,19-,23+,24+,26-,27?,28-/m1/s1. The van der Waals surface area contributed by atoms with Gasteiger partial charge in [-0.1, -0.05) is 68.4 Å². The van der Waals surface area contributed by atoms with Crippen LogP contribution in [0.4, 0.5) is 0 Å². The summed E-state index contributed by atoms with van der Waals surface area (Å²) in [6.07, 6.45) is 3.11. The Morgan fingerprint density at radius 2 is 1.68 bits per heavy atom. The summed E-state index contributed by atoms with van der Waals surface area (Å²) in [7, 11) is 0. The molecule has 4 aliphatic heterocycles. The molecule has 1 aliphatic carbocycles. The van der Waals surface area contributed by atoms with Crippen molar-refractivity contribution in [1.82, 2.24) is 5.06 Å². The Morgan fingerprint density at radius 1 is 0.941 bits per heavy atom. The summed E-state index contributed by atoms with van der Waals surface area (Å²) in [5.74, 6) is -0.349. The summed E-state index contributed by atoms with van der Waals surface area (Å²) in [5, 5.41) is 1.48. The predicted octanol–water partition coefficient (Wildman–Crippen LogP) is 5.48. The monoisotopic (exact) mass is 463 g/mol. The van der Waals surface area contributed by atoms with E-state index < -0.39 is 17.6 Å². The molecule has 34 heavy (non-hydrogen) atoms. The lowest BCUT2D eigenvalue weighted by molar-refractivity contribution is -0.560. The fourth-order valence-electron chi connectivity index (χ4n) is 6.72. The molecule has 1 amide bonds. The van der Waals surface area contributed by atoms with Gasteiger partial charge in [-0.05, 0) is 54.7 Å². The van der Waals surface area contributed by atoms with Crippen LogP contribution < -0.4 is 0 Å². The number of hydrogen-bond acceptors (Lipinski definition) is 5. The van der Waals surface area contributed by atoms with Gasteiger partial charge in [-0.15, -0.1) is 0 Å². The molecule has 0 N–H and O–H groups in total. The van der Waals surface area contributed by atoms with Crippen LogP contribution >= 0.6 is 0 Å². The average molecular weight is 464 g/mol. The predicted molar refractivity (Wildman–Crippen MR) is 125 cm³/mol. The van der Waals surface area contributed by atoms with Crippen LogP contribution in [0.25, 0.3) is 11.1 Å². The molecule has 2 aromatic rings. The lowest BCUT2D eigenvalue weighted by Crippen LogP contribution is -2.74. The first kappa shape index (κ1) is 22.2. The third kappa shape index (κ3) is 3.34. The van der Waals surface area contributed by atoms with Crippen LogP contribution in [-0.4, -0.2) is 28.6 Å². The second-order valence-corrected chi connectivity index (χ2v) is 10.7. The molecule has 4 saturated heterocycles. The molecule has 2 aromatic carbocycles. The van der Waals surface area contributed by atoms with Crippen molar-refractivity contribution in [3.05, 3.63) is 60.2 Å². The number of carbonyl (C=O) groups excluding carboxylic acids is 1. The third-order valence-corrected chi connectivity index (χ3v) is 8.65. The number of rotatable bonds is 4. The Bertz CT molecular complexity index is 1060. The van der Waals surface area contributed by atoms with Crippen molar-refractivity contribution in [3.8, 4) is 11.1 Å². The summed E-state index contributed by atoms with van der Waals surface area (Å²) < 4.78 is 6.51. The van der Waals surface area contributed by atoms with Gasteiger partial charge in [0.05, 0.1) is 0 Å². The third-order valence-electron chi connectivity index (χ3n) is 8.65. The molecule has 1 unspecified atom stereocenters. The van der Waals surface area contributed by atoms with E-state index in [9.17, 15) is 4.79 Å². The zero-order valence-electron chi connectivity index (χ0n) is 20.1. The van der Waals surface area contributed by atoms with E-state index >= 15 is 0 Å². The van der Waals surface area contributed by atoms with Gasteiger partial charge in [0.2, 0.25) is 5.79 Å². The molecular formula is C28H33NO5. The first-order valence-electron chi connectivity index (χ1n) is 12.6. The second kappa shape index (κ2) is 8.16. The van der Waals surface area contributed by atoms with Gasteiger partial charge in [-0.25, -0.2) is 9.78 Å². The maximum atomic E-state index is 13.5. The quantitative estimate of drug-likeness (QED) is 0.562. The summed E-state index contributed by atoms with van der Waals surface area (Å²) >= 11 is 0. The second-order valence-electron chi connectivity index (χ2n) is 10.7. The molecule has 1 saturated carbocycles. The first-order valence-corrected chi connectivity index (χ1v) is 12.6. The van der Waals surface area contributed by atoms with Gasteiger partial charge in [0.25, 0.3) is 5.91 Å². The van der Waals surface area contributed by atoms with Crippen LogP contribution in [0.2, 0.25) is 0 Å². The fourth-order valence-corrected chi connectivity index (χ4v) is 6.72. The maximum Gasteiger partial charge on any atom is 0.251 e. The lowest BCUT2D eigenvalue weighted by atomic mass is 9.57. The number of amides is 1. The van der Waals surface area contributed by atoms with Crippen molar-refractivity contribution in [3.63, 3.8) is 0 Å². The average Bonchev–Trinajstić information content (AvgIpc) is 3.10. The van der Waals surface area contributed by atoms with Crippen LogP contribution in [0.3, 0.4) is 0 Å². The van der Waals surface area contributed by atoms with E-state index in [4.69, 9.17) is 19.3 Å². The van der Waals surface area contributed by atoms with Gasteiger partial charge in [0.1, 0.15) is 6.61 Å². The van der Waals surface area contributed by atoms with E-state index in [1.807, 2.05) is 44.2 Å². The number of hydroxylamine groups is 2. The highest BCUT2D eigenvalue weighted by molar-refractivity contribution is 5.79. The fraction of sp³-hybridized carbons (Fsp3) is 0.536. The van der Waals surface area contributed by atoms with E-state index in [0.29, 0.717) is 5.92 Å². The smallest absolute Gasteiger partial charge is 0.251 e. The Morgan fingerprint density at radius 3 is 2.44 bits per heavy atom. The number of carbonyl (C=O) groups is 1. The molecule has 6 nitrogen and oxygen atoms in total. The molecule has 7 atom stereocenters. The Kier molecular flexibility index (Phi) is 5.34. The van der Waals surface area contributed by atoms with Crippen molar-refractivity contribution in [2.75, 3.05) is 0 Å². The van der Waals surface area contributed by atoms with Crippen LogP contribution in [0.5, 0.6) is 0 Å². The highest BCUT2D eigenvalue weighted by Crippen LogP contribution is 2.60. The molecule has 7 rings (SSSR count). The number of nitrogens with zero attached hydrogens (tertiary/aromatic N) is 1. The first-order chi connectivity index (χ1) is 16.4. The number of fused-ring (bicyclic) bond motifs is 2. The SMILES string of the molecule is C[C@@H]1CC[C@H]2[C@@H](C)C(=O)N(OCc3ccc(-c4ccccc4)cc3)[C@@H]3OC4(C)CC[C@@H]1[C@@]23OO4. The Balaban J connectivity index is 1.28. The number of piperidine rings is 1. The Labute approximate surface area is 201 Å². The van der Waals surface area contributed by atoms with Gasteiger partial charge >= 0.3 is 0 Å². The number of benzene rings is 2. The van der Waals surface area contributed by atoms with E-state index in [1.54, 1.807) is 0 Å². The van der Waals surface area contributed by atoms with Crippen molar-refractivity contribution in [1.29, 1.82) is 0 Å². The molecular weight excluding hydrogens is 430 g/mol. The van der Waals surface area contributed by atoms with Crippen molar-refractivity contribution in [2.24, 2.45) is 23.7 Å². The van der Waals surface area contributed by atoms with Crippen LogP contribution in [0.15, 0.2) is 54.6 Å². The van der Waals surface area contributed by atoms with E-state index in [0.717, 1.165) is 36.8 Å². The van der Waals surface area contributed by atoms with E-state index in [1.165, 1.54) is 10.6 Å². The van der Waals surface area contributed by atoms with Gasteiger partial charge < -0.3 is 4.74 Å². The molecule has 180 valence electrons. The highest BCUT2D eigenvalue weighted by atomic mass is 17.3. The molecule has 6 heteroatoms. The maximum absolute atomic E-state index is 13.5. The minimum Gasteiger partial charge on any atom is -0.318 e. The topological polar surface area (TPSA) is 57.2 Å². The zero-order chi connectivity index (χ0) is 23.5. The largest absolute Gasteiger partial charge is 0.318 e. The summed E-state index contributed by atoms with van der Waals surface area (Å²) in [5.41, 5.74) is 2.62. The molecule has 5 fully saturated rings. The molecule has 5 aliphatic rings. The Hall–Kier alpha value is -2.25. The highest BCUT2D eigenvalue weighted by Gasteiger charge is 2.71. The molecule has 2 bridgehead atoms. The number of ether oxygens (including phenoxy) is 1. The van der Waals surface area contributed by atoms with Crippen LogP contribution in [-0.2, 0) is 30.8 Å². The molecule has 1 spiro atoms.